The summed E-state index contributed by atoms with van der Waals surface area (Å²) in [5, 5.41) is 6.71. The second kappa shape index (κ2) is 3.21. The van der Waals surface area contributed by atoms with Crippen LogP contribution in [0.2, 0.25) is 0 Å². The van der Waals surface area contributed by atoms with Crippen LogP contribution >= 0.6 is 0 Å². The van der Waals surface area contributed by atoms with Gasteiger partial charge < -0.3 is 0 Å². The van der Waals surface area contributed by atoms with Crippen molar-refractivity contribution in [3.63, 3.8) is 0 Å². The predicted molar refractivity (Wildman–Crippen MR) is 31.4 cm³/mol. The molecule has 0 amide bonds. The van der Waals surface area contributed by atoms with E-state index in [1.165, 1.54) is 6.21 Å². The Morgan fingerprint density at radius 1 is 1.86 bits per heavy atom. The van der Waals surface area contributed by atoms with Gasteiger partial charge in [0, 0.05) is 6.21 Å². The van der Waals surface area contributed by atoms with Gasteiger partial charge in [0.1, 0.15) is 0 Å². The molecule has 0 radical (unpaired) electrons. The van der Waals surface area contributed by atoms with Gasteiger partial charge in [0.25, 0.3) is 0 Å². The van der Waals surface area contributed by atoms with Crippen LogP contribution in [0.15, 0.2) is 9.98 Å². The molecule has 0 fully saturated rings. The van der Waals surface area contributed by atoms with Crippen molar-refractivity contribution in [2.24, 2.45) is 9.98 Å². The molecule has 0 aromatic rings. The lowest BCUT2D eigenvalue weighted by Gasteiger charge is -1.77. The minimum Gasteiger partial charge on any atom is -0.266 e. The molecule has 0 aromatic heterocycles. The van der Waals surface area contributed by atoms with Crippen LogP contribution in [0.4, 0.5) is 0 Å². The highest BCUT2D eigenvalue weighted by Crippen LogP contribution is 1.70. The lowest BCUT2D eigenvalue weighted by Crippen LogP contribution is -1.81. The molecule has 0 saturated carbocycles. The molecule has 0 saturated heterocycles. The van der Waals surface area contributed by atoms with Crippen LogP contribution in [-0.2, 0) is 0 Å². The lowest BCUT2D eigenvalue weighted by atomic mass is 10.8. The van der Waals surface area contributed by atoms with E-state index >= 15 is 0 Å². The zero-order valence-electron chi connectivity index (χ0n) is 4.18. The summed E-state index contributed by atoms with van der Waals surface area (Å²) in [6, 6.07) is 0. The first-order valence-corrected chi connectivity index (χ1v) is 1.85. The van der Waals surface area contributed by atoms with Crippen molar-refractivity contribution < 1.29 is 0 Å². The summed E-state index contributed by atoms with van der Waals surface area (Å²) in [4.78, 5) is 6.69. The summed E-state index contributed by atoms with van der Waals surface area (Å²) in [6.45, 7) is 4.81. The molecule has 0 aliphatic carbocycles. The number of nitrogens with one attached hydrogen (secondary N) is 1. The molecule has 3 nitrogen and oxygen atoms in total. The molecule has 0 atom stereocenters. The van der Waals surface area contributed by atoms with Crippen molar-refractivity contribution >= 4 is 18.9 Å². The van der Waals surface area contributed by atoms with Crippen molar-refractivity contribution in [2.75, 3.05) is 0 Å². The molecule has 0 bridgehead atoms. The number of aliphatic imine (C=N–C) groups is 2. The van der Waals surface area contributed by atoms with Crippen molar-refractivity contribution in [3.05, 3.63) is 0 Å². The molecule has 38 valence electrons. The molecular formula is C4H7N3. The number of nitrogens with zero attached hydrogens (tertiary/aromatic N) is 2. The number of hydrogen-bond acceptors (Lipinski definition) is 1. The first kappa shape index (κ1) is 6.01. The van der Waals surface area contributed by atoms with Crippen molar-refractivity contribution in [2.45, 2.75) is 6.92 Å². The van der Waals surface area contributed by atoms with Crippen LogP contribution in [0.25, 0.3) is 0 Å². The zero-order valence-corrected chi connectivity index (χ0v) is 4.18. The standard InChI is InChI=1S/C4H7N3/c1-3-7-4(5)6-2/h3,5H,2H2,1H3. The Kier molecular flexibility index (Phi) is 2.76. The van der Waals surface area contributed by atoms with E-state index in [1.807, 2.05) is 0 Å². The van der Waals surface area contributed by atoms with Gasteiger partial charge in [0.15, 0.2) is 0 Å². The Morgan fingerprint density at radius 2 is 2.43 bits per heavy atom. The van der Waals surface area contributed by atoms with Crippen molar-refractivity contribution in [1.82, 2.24) is 0 Å². The van der Waals surface area contributed by atoms with Crippen LogP contribution in [0, 0.1) is 5.41 Å². The van der Waals surface area contributed by atoms with Gasteiger partial charge >= 0.3 is 0 Å². The monoisotopic (exact) mass is 97.1 g/mol. The van der Waals surface area contributed by atoms with E-state index < -0.39 is 0 Å². The summed E-state index contributed by atoms with van der Waals surface area (Å²) in [5.74, 6) is -0.0394. The van der Waals surface area contributed by atoms with Crippen LogP contribution in [0.1, 0.15) is 6.92 Å². The summed E-state index contributed by atoms with van der Waals surface area (Å²) >= 11 is 0. The second-order valence-electron chi connectivity index (χ2n) is 0.869. The Balaban J connectivity index is 3.58. The average molecular weight is 97.1 g/mol. The molecule has 0 aliphatic heterocycles. The van der Waals surface area contributed by atoms with Gasteiger partial charge in [-0.3, -0.25) is 5.41 Å². The second-order valence-corrected chi connectivity index (χ2v) is 0.869. The normalized spacial score (nSPS) is 9.29. The maximum Gasteiger partial charge on any atom is 0.240 e. The maximum absolute atomic E-state index is 6.71. The van der Waals surface area contributed by atoms with Crippen LogP contribution < -0.4 is 0 Å². The van der Waals surface area contributed by atoms with Gasteiger partial charge in [-0.2, -0.15) is 0 Å². The van der Waals surface area contributed by atoms with E-state index in [1.54, 1.807) is 6.92 Å². The van der Waals surface area contributed by atoms with E-state index in [0.717, 1.165) is 0 Å². The number of rotatable bonds is 0. The average Bonchev–Trinajstić information content (AvgIpc) is 1.68. The molecule has 7 heavy (non-hydrogen) atoms. The van der Waals surface area contributed by atoms with Crippen LogP contribution in [0.5, 0.6) is 0 Å². The summed E-state index contributed by atoms with van der Waals surface area (Å²) < 4.78 is 0. The van der Waals surface area contributed by atoms with E-state index in [-0.39, 0.29) is 5.96 Å². The highest BCUT2D eigenvalue weighted by atomic mass is 15.0. The predicted octanol–water partition coefficient (Wildman–Crippen LogP) is 0.712. The molecule has 0 aromatic carbocycles. The van der Waals surface area contributed by atoms with Gasteiger partial charge in [-0.15, -0.1) is 0 Å². The topological polar surface area (TPSA) is 48.6 Å². The Hall–Kier alpha value is -0.990. The Bertz CT molecular complexity index is 104. The first-order valence-electron chi connectivity index (χ1n) is 1.85. The van der Waals surface area contributed by atoms with E-state index in [9.17, 15) is 0 Å². The third-order valence-corrected chi connectivity index (χ3v) is 0.401. The molecule has 0 aliphatic rings. The smallest absolute Gasteiger partial charge is 0.240 e. The fraction of sp³-hybridized carbons (Fsp3) is 0.250. The number of hydrogen-bond donors (Lipinski definition) is 1. The third-order valence-electron chi connectivity index (χ3n) is 0.401. The molecule has 0 rings (SSSR count). The van der Waals surface area contributed by atoms with Gasteiger partial charge in [-0.25, -0.2) is 9.98 Å². The van der Waals surface area contributed by atoms with Crippen LogP contribution in [0.3, 0.4) is 0 Å². The minimum absolute atomic E-state index is 0.0394. The fourth-order valence-corrected chi connectivity index (χ4v) is 0.163. The van der Waals surface area contributed by atoms with E-state index in [0.29, 0.717) is 0 Å². The van der Waals surface area contributed by atoms with Gasteiger partial charge in [0.2, 0.25) is 5.96 Å². The largest absolute Gasteiger partial charge is 0.266 e. The van der Waals surface area contributed by atoms with Gasteiger partial charge in [-0.05, 0) is 13.6 Å². The first-order chi connectivity index (χ1) is 3.31. The van der Waals surface area contributed by atoms with Gasteiger partial charge in [0.05, 0.1) is 0 Å². The number of guanidine groups is 1. The fourth-order valence-electron chi connectivity index (χ4n) is 0.163. The summed E-state index contributed by atoms with van der Waals surface area (Å²) in [7, 11) is 0. The van der Waals surface area contributed by atoms with E-state index in [4.69, 9.17) is 5.41 Å². The summed E-state index contributed by atoms with van der Waals surface area (Å²) in [6.07, 6.45) is 1.50. The van der Waals surface area contributed by atoms with Gasteiger partial charge in [-0.1, -0.05) is 0 Å². The van der Waals surface area contributed by atoms with E-state index in [2.05, 4.69) is 16.7 Å². The zero-order chi connectivity index (χ0) is 5.70. The lowest BCUT2D eigenvalue weighted by molar-refractivity contribution is 1.39. The molecule has 0 spiro atoms. The quantitative estimate of drug-likeness (QED) is 0.342. The molecular weight excluding hydrogens is 90.1 g/mol. The Labute approximate surface area is 42.3 Å². The third kappa shape index (κ3) is 2.82. The SMILES string of the molecule is C=NC(=N)N=CC. The molecule has 0 unspecified atom stereocenters. The highest BCUT2D eigenvalue weighted by Gasteiger charge is 1.74. The van der Waals surface area contributed by atoms with Crippen molar-refractivity contribution in [3.8, 4) is 0 Å². The molecule has 0 heterocycles. The van der Waals surface area contributed by atoms with Crippen LogP contribution in [-0.4, -0.2) is 18.9 Å². The molecule has 1 N–H and O–H groups in total. The minimum atomic E-state index is -0.0394. The Morgan fingerprint density at radius 3 is 2.57 bits per heavy atom. The molecule has 3 heteroatoms. The summed E-state index contributed by atoms with van der Waals surface area (Å²) in [5.41, 5.74) is 0. The highest BCUT2D eigenvalue weighted by molar-refractivity contribution is 5.87. The maximum atomic E-state index is 6.71. The van der Waals surface area contributed by atoms with Crippen molar-refractivity contribution in [1.29, 1.82) is 5.41 Å².